The van der Waals surface area contributed by atoms with Crippen LogP contribution in [0, 0.1) is 5.82 Å². The second-order valence-corrected chi connectivity index (χ2v) is 5.22. The monoisotopic (exact) mass is 304 g/mol. The molecule has 1 atom stereocenters. The minimum atomic E-state index is -4.48. The summed E-state index contributed by atoms with van der Waals surface area (Å²) in [6, 6.07) is 1.93. The minimum absolute atomic E-state index is 0.00993. The molecule has 7 heteroatoms. The van der Waals surface area contributed by atoms with E-state index in [-0.39, 0.29) is 5.56 Å². The van der Waals surface area contributed by atoms with E-state index in [9.17, 15) is 17.6 Å². The minimum Gasteiger partial charge on any atom is -0.313 e. The fourth-order valence-corrected chi connectivity index (χ4v) is 2.54. The largest absolute Gasteiger partial charge is 0.416 e. The van der Waals surface area contributed by atoms with Gasteiger partial charge in [0.1, 0.15) is 5.82 Å². The van der Waals surface area contributed by atoms with Gasteiger partial charge in [0.05, 0.1) is 11.1 Å². The smallest absolute Gasteiger partial charge is 0.313 e. The third-order valence-electron chi connectivity index (χ3n) is 2.94. The molecule has 0 bridgehead atoms. The molecule has 1 aromatic carbocycles. The Labute approximate surface area is 117 Å². The summed E-state index contributed by atoms with van der Waals surface area (Å²) < 4.78 is 51.9. The first-order valence-corrected chi connectivity index (χ1v) is 6.71. The second kappa shape index (κ2) is 5.88. The van der Waals surface area contributed by atoms with Crippen molar-refractivity contribution >= 4 is 11.3 Å². The SMILES string of the molecule is CNC(Cc1cncs1)c1cc(C(F)(F)F)ccc1F. The van der Waals surface area contributed by atoms with Crippen molar-refractivity contribution in [3.8, 4) is 0 Å². The Morgan fingerprint density at radius 1 is 1.35 bits per heavy atom. The fourth-order valence-electron chi connectivity index (χ4n) is 1.90. The highest BCUT2D eigenvalue weighted by Crippen LogP contribution is 2.32. The number of alkyl halides is 3. The van der Waals surface area contributed by atoms with Crippen molar-refractivity contribution in [2.45, 2.75) is 18.6 Å². The first-order chi connectivity index (χ1) is 9.41. The fraction of sp³-hybridized carbons (Fsp3) is 0.308. The summed E-state index contributed by atoms with van der Waals surface area (Å²) in [5.41, 5.74) is 0.791. The summed E-state index contributed by atoms with van der Waals surface area (Å²) in [4.78, 5) is 4.78. The summed E-state index contributed by atoms with van der Waals surface area (Å²) in [6.07, 6.45) is -2.47. The van der Waals surface area contributed by atoms with Crippen molar-refractivity contribution in [1.29, 1.82) is 0 Å². The van der Waals surface area contributed by atoms with Crippen molar-refractivity contribution in [3.05, 3.63) is 51.7 Å². The summed E-state index contributed by atoms with van der Waals surface area (Å²) in [7, 11) is 1.59. The molecule has 0 aliphatic heterocycles. The first kappa shape index (κ1) is 14.9. The van der Waals surface area contributed by atoms with Crippen LogP contribution in [0.2, 0.25) is 0 Å². The van der Waals surface area contributed by atoms with Crippen LogP contribution in [0.5, 0.6) is 0 Å². The van der Waals surface area contributed by atoms with E-state index in [1.807, 2.05) is 0 Å². The Morgan fingerprint density at radius 2 is 2.10 bits per heavy atom. The average molecular weight is 304 g/mol. The normalized spacial score (nSPS) is 13.4. The second-order valence-electron chi connectivity index (χ2n) is 4.25. The highest BCUT2D eigenvalue weighted by molar-refractivity contribution is 7.09. The number of thiazole rings is 1. The molecule has 0 aliphatic carbocycles. The molecule has 0 saturated heterocycles. The number of hydrogen-bond acceptors (Lipinski definition) is 3. The van der Waals surface area contributed by atoms with E-state index < -0.39 is 23.6 Å². The van der Waals surface area contributed by atoms with Crippen molar-refractivity contribution in [1.82, 2.24) is 10.3 Å². The van der Waals surface area contributed by atoms with E-state index in [1.54, 1.807) is 18.8 Å². The number of aromatic nitrogens is 1. The van der Waals surface area contributed by atoms with Crippen LogP contribution >= 0.6 is 11.3 Å². The molecule has 1 N–H and O–H groups in total. The van der Waals surface area contributed by atoms with E-state index in [4.69, 9.17) is 0 Å². The molecule has 1 unspecified atom stereocenters. The van der Waals surface area contributed by atoms with Gasteiger partial charge in [0.15, 0.2) is 0 Å². The van der Waals surface area contributed by atoms with Crippen LogP contribution in [0.15, 0.2) is 29.9 Å². The lowest BCUT2D eigenvalue weighted by Gasteiger charge is -2.18. The van der Waals surface area contributed by atoms with E-state index in [2.05, 4.69) is 10.3 Å². The van der Waals surface area contributed by atoms with Crippen LogP contribution in [0.25, 0.3) is 0 Å². The summed E-state index contributed by atoms with van der Waals surface area (Å²) >= 11 is 1.38. The number of halogens is 4. The number of hydrogen-bond donors (Lipinski definition) is 1. The van der Waals surface area contributed by atoms with Gasteiger partial charge in [-0.1, -0.05) is 0 Å². The lowest BCUT2D eigenvalue weighted by atomic mass is 10.00. The van der Waals surface area contributed by atoms with Gasteiger partial charge in [-0.2, -0.15) is 13.2 Å². The van der Waals surface area contributed by atoms with Gasteiger partial charge in [0, 0.05) is 29.1 Å². The molecule has 0 spiro atoms. The van der Waals surface area contributed by atoms with Crippen molar-refractivity contribution in [2.75, 3.05) is 7.05 Å². The van der Waals surface area contributed by atoms with Crippen LogP contribution in [0.1, 0.15) is 22.0 Å². The molecule has 0 aliphatic rings. The maximum Gasteiger partial charge on any atom is 0.416 e. The van der Waals surface area contributed by atoms with Crippen molar-refractivity contribution in [3.63, 3.8) is 0 Å². The molecular weight excluding hydrogens is 292 g/mol. The van der Waals surface area contributed by atoms with Gasteiger partial charge < -0.3 is 5.32 Å². The molecule has 2 nitrogen and oxygen atoms in total. The zero-order valence-electron chi connectivity index (χ0n) is 10.5. The lowest BCUT2D eigenvalue weighted by Crippen LogP contribution is -2.20. The molecule has 0 radical (unpaired) electrons. The van der Waals surface area contributed by atoms with Crippen molar-refractivity contribution in [2.24, 2.45) is 0 Å². The third-order valence-corrected chi connectivity index (χ3v) is 3.74. The first-order valence-electron chi connectivity index (χ1n) is 5.83. The van der Waals surface area contributed by atoms with Gasteiger partial charge in [-0.15, -0.1) is 11.3 Å². The van der Waals surface area contributed by atoms with Crippen molar-refractivity contribution < 1.29 is 17.6 Å². The van der Waals surface area contributed by atoms with E-state index in [1.165, 1.54) is 11.3 Å². The molecule has 2 rings (SSSR count). The molecule has 0 fully saturated rings. The lowest BCUT2D eigenvalue weighted by molar-refractivity contribution is -0.137. The predicted molar refractivity (Wildman–Crippen MR) is 69.0 cm³/mol. The summed E-state index contributed by atoms with van der Waals surface area (Å²) in [5, 5.41) is 2.85. The zero-order valence-corrected chi connectivity index (χ0v) is 11.4. The maximum absolute atomic E-state index is 13.8. The molecule has 2 aromatic rings. The Kier molecular flexibility index (Phi) is 4.39. The summed E-state index contributed by atoms with van der Waals surface area (Å²) in [5.74, 6) is -0.651. The number of likely N-dealkylation sites (N-methyl/N-ethyl adjacent to an activating group) is 1. The number of nitrogens with zero attached hydrogens (tertiary/aromatic N) is 1. The Balaban J connectivity index is 2.33. The van der Waals surface area contributed by atoms with Gasteiger partial charge in [-0.3, -0.25) is 4.98 Å². The van der Waals surface area contributed by atoms with Crippen LogP contribution in [0.4, 0.5) is 17.6 Å². The average Bonchev–Trinajstić information content (AvgIpc) is 2.88. The highest BCUT2D eigenvalue weighted by atomic mass is 32.1. The van der Waals surface area contributed by atoms with Crippen LogP contribution in [-0.2, 0) is 12.6 Å². The number of rotatable bonds is 4. The van der Waals surface area contributed by atoms with Gasteiger partial charge in [0.25, 0.3) is 0 Å². The Morgan fingerprint density at radius 3 is 2.65 bits per heavy atom. The number of benzene rings is 1. The topological polar surface area (TPSA) is 24.9 Å². The zero-order chi connectivity index (χ0) is 14.8. The quantitative estimate of drug-likeness (QED) is 0.869. The molecule has 20 heavy (non-hydrogen) atoms. The van der Waals surface area contributed by atoms with Crippen LogP contribution in [-0.4, -0.2) is 12.0 Å². The van der Waals surface area contributed by atoms with E-state index >= 15 is 0 Å². The van der Waals surface area contributed by atoms with Gasteiger partial charge in [-0.05, 0) is 25.2 Å². The van der Waals surface area contributed by atoms with Gasteiger partial charge >= 0.3 is 6.18 Å². The van der Waals surface area contributed by atoms with E-state index in [0.717, 1.165) is 23.1 Å². The maximum atomic E-state index is 13.8. The molecule has 1 heterocycles. The van der Waals surface area contributed by atoms with Crippen LogP contribution in [0.3, 0.4) is 0 Å². The van der Waals surface area contributed by atoms with Crippen LogP contribution < -0.4 is 5.32 Å². The Bertz CT molecular complexity index is 566. The van der Waals surface area contributed by atoms with Gasteiger partial charge in [0.2, 0.25) is 0 Å². The standard InChI is InChI=1S/C13H12F4N2S/c1-18-12(5-9-6-19-7-20-9)10-4-8(13(15,16)17)2-3-11(10)14/h2-4,6-7,12,18H,5H2,1H3. The molecule has 0 amide bonds. The summed E-state index contributed by atoms with van der Waals surface area (Å²) in [6.45, 7) is 0. The predicted octanol–water partition coefficient (Wildman–Crippen LogP) is 3.80. The van der Waals surface area contributed by atoms with E-state index in [0.29, 0.717) is 6.42 Å². The third kappa shape index (κ3) is 3.34. The molecule has 108 valence electrons. The Hall–Kier alpha value is -1.47. The highest BCUT2D eigenvalue weighted by Gasteiger charge is 2.32. The molecule has 1 aromatic heterocycles. The van der Waals surface area contributed by atoms with Gasteiger partial charge in [-0.25, -0.2) is 4.39 Å². The number of nitrogens with one attached hydrogen (secondary N) is 1. The molecular formula is C13H12F4N2S. The molecule has 0 saturated carbocycles.